The van der Waals surface area contributed by atoms with Gasteiger partial charge in [0.05, 0.1) is 12.5 Å². The van der Waals surface area contributed by atoms with Crippen molar-refractivity contribution < 1.29 is 19.4 Å². The van der Waals surface area contributed by atoms with Crippen molar-refractivity contribution in [1.82, 2.24) is 10.3 Å². The van der Waals surface area contributed by atoms with Crippen LogP contribution in [0, 0.1) is 0 Å². The first kappa shape index (κ1) is 17.0. The lowest BCUT2D eigenvalue weighted by Gasteiger charge is -2.18. The van der Waals surface area contributed by atoms with Crippen LogP contribution in [-0.2, 0) is 16.1 Å². The average molecular weight is 379 g/mol. The molecule has 0 radical (unpaired) electrons. The monoisotopic (exact) mass is 378 g/mol. The number of nitrogens with one attached hydrogen (secondary N) is 1. The van der Waals surface area contributed by atoms with Crippen molar-refractivity contribution >= 4 is 28.0 Å². The second kappa shape index (κ2) is 8.28. The fourth-order valence-corrected chi connectivity index (χ4v) is 2.52. The van der Waals surface area contributed by atoms with E-state index in [2.05, 4.69) is 26.2 Å². The second-order valence-electron chi connectivity index (χ2n) is 4.75. The smallest absolute Gasteiger partial charge is 0.407 e. The predicted octanol–water partition coefficient (Wildman–Crippen LogP) is 3.29. The maximum absolute atomic E-state index is 11.9. The number of carboxylic acids is 1. The number of carbonyl (C=O) groups is 2. The number of nitrogens with zero attached hydrogens (tertiary/aromatic N) is 1. The molecule has 23 heavy (non-hydrogen) atoms. The van der Waals surface area contributed by atoms with Crippen LogP contribution in [-0.4, -0.2) is 22.2 Å². The van der Waals surface area contributed by atoms with Crippen molar-refractivity contribution in [3.05, 3.63) is 64.4 Å². The van der Waals surface area contributed by atoms with Crippen molar-refractivity contribution in [3.63, 3.8) is 0 Å². The van der Waals surface area contributed by atoms with Gasteiger partial charge in [0.1, 0.15) is 6.61 Å². The lowest BCUT2D eigenvalue weighted by Crippen LogP contribution is -2.31. The molecule has 1 aromatic heterocycles. The number of ether oxygens (including phenoxy) is 1. The fourth-order valence-electron chi connectivity index (χ4n) is 1.99. The van der Waals surface area contributed by atoms with Crippen molar-refractivity contribution in [2.75, 3.05) is 0 Å². The van der Waals surface area contributed by atoms with Gasteiger partial charge in [-0.05, 0) is 33.1 Å². The number of aromatic nitrogens is 1. The molecule has 1 heterocycles. The van der Waals surface area contributed by atoms with E-state index in [4.69, 9.17) is 9.84 Å². The molecule has 0 aliphatic rings. The van der Waals surface area contributed by atoms with E-state index in [-0.39, 0.29) is 13.0 Å². The van der Waals surface area contributed by atoms with Crippen molar-refractivity contribution in [1.29, 1.82) is 0 Å². The fraction of sp³-hybridized carbons (Fsp3) is 0.188. The Labute approximate surface area is 141 Å². The van der Waals surface area contributed by atoms with E-state index in [9.17, 15) is 9.59 Å². The maximum Gasteiger partial charge on any atom is 0.407 e. The molecule has 0 fully saturated rings. The highest BCUT2D eigenvalue weighted by Gasteiger charge is 2.21. The highest BCUT2D eigenvalue weighted by Crippen LogP contribution is 2.24. The number of halogens is 1. The van der Waals surface area contributed by atoms with Crippen LogP contribution in [0.15, 0.2) is 53.3 Å². The Morgan fingerprint density at radius 2 is 2.00 bits per heavy atom. The zero-order chi connectivity index (χ0) is 16.7. The minimum Gasteiger partial charge on any atom is -0.481 e. The Bertz CT molecular complexity index is 679. The first-order valence-corrected chi connectivity index (χ1v) is 7.64. The Morgan fingerprint density at radius 1 is 1.26 bits per heavy atom. The van der Waals surface area contributed by atoms with E-state index in [1.54, 1.807) is 12.3 Å². The molecule has 0 saturated carbocycles. The molecule has 0 aliphatic carbocycles. The third kappa shape index (κ3) is 5.37. The summed E-state index contributed by atoms with van der Waals surface area (Å²) >= 11 is 3.30. The van der Waals surface area contributed by atoms with Gasteiger partial charge in [0, 0.05) is 16.9 Å². The minimum atomic E-state index is -1.03. The number of benzene rings is 1. The number of rotatable bonds is 6. The number of amides is 1. The SMILES string of the molecule is O=C(O)C[C@H](NC(=O)OCc1ccccc1)c1ccncc1Br. The van der Waals surface area contributed by atoms with E-state index in [0.717, 1.165) is 5.56 Å². The molecular weight excluding hydrogens is 364 g/mol. The zero-order valence-corrected chi connectivity index (χ0v) is 13.7. The van der Waals surface area contributed by atoms with Gasteiger partial charge in [-0.25, -0.2) is 4.79 Å². The molecule has 120 valence electrons. The third-order valence-electron chi connectivity index (χ3n) is 3.06. The molecule has 2 rings (SSSR count). The molecule has 0 unspecified atom stereocenters. The quantitative estimate of drug-likeness (QED) is 0.804. The first-order chi connectivity index (χ1) is 11.1. The van der Waals surface area contributed by atoms with E-state index in [1.165, 1.54) is 6.20 Å². The Kier molecular flexibility index (Phi) is 6.10. The van der Waals surface area contributed by atoms with Crippen molar-refractivity contribution in [2.45, 2.75) is 19.1 Å². The summed E-state index contributed by atoms with van der Waals surface area (Å²) in [4.78, 5) is 26.9. The minimum absolute atomic E-state index is 0.115. The van der Waals surface area contributed by atoms with Crippen LogP contribution in [0.25, 0.3) is 0 Å². The zero-order valence-electron chi connectivity index (χ0n) is 12.1. The van der Waals surface area contributed by atoms with Gasteiger partial charge >= 0.3 is 12.1 Å². The number of hydrogen-bond acceptors (Lipinski definition) is 4. The van der Waals surface area contributed by atoms with E-state index >= 15 is 0 Å². The topological polar surface area (TPSA) is 88.5 Å². The van der Waals surface area contributed by atoms with Gasteiger partial charge in [0.25, 0.3) is 0 Å². The summed E-state index contributed by atoms with van der Waals surface area (Å²) in [5.74, 6) is -1.03. The first-order valence-electron chi connectivity index (χ1n) is 6.84. The molecule has 0 saturated heterocycles. The molecule has 6 nitrogen and oxygen atoms in total. The normalized spacial score (nSPS) is 11.5. The van der Waals surface area contributed by atoms with Gasteiger partial charge in [-0.1, -0.05) is 30.3 Å². The number of alkyl carbamates (subject to hydrolysis) is 1. The molecule has 2 N–H and O–H groups in total. The van der Waals surface area contributed by atoms with Crippen LogP contribution in [0.3, 0.4) is 0 Å². The third-order valence-corrected chi connectivity index (χ3v) is 3.73. The summed E-state index contributed by atoms with van der Waals surface area (Å²) in [7, 11) is 0. The van der Waals surface area contributed by atoms with E-state index in [1.807, 2.05) is 30.3 Å². The summed E-state index contributed by atoms with van der Waals surface area (Å²) in [6.07, 6.45) is 2.14. The van der Waals surface area contributed by atoms with Crippen molar-refractivity contribution in [3.8, 4) is 0 Å². The Morgan fingerprint density at radius 3 is 2.65 bits per heavy atom. The van der Waals surface area contributed by atoms with Gasteiger partial charge in [0.15, 0.2) is 0 Å². The highest BCUT2D eigenvalue weighted by atomic mass is 79.9. The van der Waals surface area contributed by atoms with Crippen molar-refractivity contribution in [2.24, 2.45) is 0 Å². The summed E-state index contributed by atoms with van der Waals surface area (Å²) in [6, 6.07) is 10.2. The Balaban J connectivity index is 2.01. The van der Waals surface area contributed by atoms with Crippen LogP contribution in [0.5, 0.6) is 0 Å². The van der Waals surface area contributed by atoms with Gasteiger partial charge in [-0.2, -0.15) is 0 Å². The largest absolute Gasteiger partial charge is 0.481 e. The van der Waals surface area contributed by atoms with Crippen LogP contribution in [0.4, 0.5) is 4.79 Å². The summed E-state index contributed by atoms with van der Waals surface area (Å²) < 4.78 is 5.75. The van der Waals surface area contributed by atoms with Gasteiger partial charge in [0.2, 0.25) is 0 Å². The van der Waals surface area contributed by atoms with Gasteiger partial charge < -0.3 is 15.2 Å². The summed E-state index contributed by atoms with van der Waals surface area (Å²) in [6.45, 7) is 0.115. The molecule has 0 aliphatic heterocycles. The molecular formula is C16H15BrN2O4. The second-order valence-corrected chi connectivity index (χ2v) is 5.61. The van der Waals surface area contributed by atoms with Gasteiger partial charge in [-0.15, -0.1) is 0 Å². The maximum atomic E-state index is 11.9. The van der Waals surface area contributed by atoms with E-state index in [0.29, 0.717) is 10.0 Å². The molecule has 1 aromatic carbocycles. The molecule has 0 spiro atoms. The lowest BCUT2D eigenvalue weighted by atomic mass is 10.1. The molecule has 2 aromatic rings. The standard InChI is InChI=1S/C16H15BrN2O4/c17-13-9-18-7-6-12(13)14(8-15(20)21)19-16(22)23-10-11-4-2-1-3-5-11/h1-7,9,14H,8,10H2,(H,19,22)(H,20,21)/t14-/m0/s1. The predicted molar refractivity (Wildman–Crippen MR) is 86.7 cm³/mol. The average Bonchev–Trinajstić information content (AvgIpc) is 2.53. The molecule has 1 amide bonds. The van der Waals surface area contributed by atoms with Crippen LogP contribution in [0.2, 0.25) is 0 Å². The highest BCUT2D eigenvalue weighted by molar-refractivity contribution is 9.10. The number of carbonyl (C=O) groups excluding carboxylic acids is 1. The van der Waals surface area contributed by atoms with Gasteiger partial charge in [-0.3, -0.25) is 9.78 Å². The number of aliphatic carboxylic acids is 1. The molecule has 7 heteroatoms. The lowest BCUT2D eigenvalue weighted by molar-refractivity contribution is -0.137. The summed E-state index contributed by atoms with van der Waals surface area (Å²) in [5.41, 5.74) is 1.47. The molecule has 1 atom stereocenters. The van der Waals surface area contributed by atoms with Crippen LogP contribution < -0.4 is 5.32 Å². The van der Waals surface area contributed by atoms with Crippen LogP contribution >= 0.6 is 15.9 Å². The summed E-state index contributed by atoms with van der Waals surface area (Å²) in [5, 5.41) is 11.6. The number of hydrogen-bond donors (Lipinski definition) is 2. The number of carboxylic acid groups (broad SMARTS) is 1. The Hall–Kier alpha value is -2.41. The van der Waals surface area contributed by atoms with E-state index < -0.39 is 18.1 Å². The molecule has 0 bridgehead atoms. The van der Waals surface area contributed by atoms with Crippen LogP contribution in [0.1, 0.15) is 23.6 Å². The number of pyridine rings is 1.